The standard InChI is InChI=1S/C23H34INO4/c1-11-9-22-12(2)7-15-16(20(15,3)4)14(18(22)26)8-13-10-28-21(5,6)29-19(13)23(22,27)17(11)25-24/h8-9,12,14-19,25-27H,7,10H2,1-6H3/t12-,14+,15-,16+,17+,18?,19-,22+,23-/m1/s1. The van der Waals surface area contributed by atoms with Crippen molar-refractivity contribution in [1.29, 1.82) is 0 Å². The minimum atomic E-state index is -1.28. The van der Waals surface area contributed by atoms with E-state index in [1.54, 1.807) is 0 Å². The van der Waals surface area contributed by atoms with Gasteiger partial charge in [-0.15, -0.1) is 0 Å². The van der Waals surface area contributed by atoms with Crippen LogP contribution in [0.2, 0.25) is 0 Å². The second-order valence-corrected chi connectivity index (χ2v) is 11.9. The lowest BCUT2D eigenvalue weighted by atomic mass is 9.58. The Balaban J connectivity index is 1.76. The van der Waals surface area contributed by atoms with Crippen molar-refractivity contribution < 1.29 is 19.7 Å². The van der Waals surface area contributed by atoms with Gasteiger partial charge in [-0.1, -0.05) is 38.5 Å². The highest BCUT2D eigenvalue weighted by Gasteiger charge is 2.76. The fourth-order valence-corrected chi connectivity index (χ4v) is 8.61. The molecule has 0 aromatic rings. The molecule has 2 bridgehead atoms. The Labute approximate surface area is 187 Å². The van der Waals surface area contributed by atoms with E-state index in [0.29, 0.717) is 18.4 Å². The van der Waals surface area contributed by atoms with Gasteiger partial charge in [-0.05, 0) is 55.9 Å². The van der Waals surface area contributed by atoms with E-state index < -0.39 is 29.0 Å². The van der Waals surface area contributed by atoms with Gasteiger partial charge in [-0.25, -0.2) is 0 Å². The van der Waals surface area contributed by atoms with Crippen LogP contribution in [0, 0.1) is 34.5 Å². The Morgan fingerprint density at radius 2 is 1.93 bits per heavy atom. The second-order valence-electron chi connectivity index (χ2n) is 11.2. The van der Waals surface area contributed by atoms with Crippen LogP contribution in [0.1, 0.15) is 48.0 Å². The molecule has 5 aliphatic rings. The second kappa shape index (κ2) is 6.07. The van der Waals surface area contributed by atoms with Gasteiger partial charge in [-0.3, -0.25) is 3.53 Å². The number of fused-ring (bicyclic) bond motifs is 5. The van der Waals surface area contributed by atoms with Gasteiger partial charge in [-0.2, -0.15) is 0 Å². The van der Waals surface area contributed by atoms with Crippen LogP contribution in [-0.4, -0.2) is 46.5 Å². The van der Waals surface area contributed by atoms with Crippen molar-refractivity contribution in [1.82, 2.24) is 3.53 Å². The summed E-state index contributed by atoms with van der Waals surface area (Å²) >= 11 is 2.14. The first-order chi connectivity index (χ1) is 13.4. The Morgan fingerprint density at radius 3 is 2.59 bits per heavy atom. The summed E-state index contributed by atoms with van der Waals surface area (Å²) in [4.78, 5) is 0. The van der Waals surface area contributed by atoms with E-state index in [1.807, 2.05) is 13.8 Å². The van der Waals surface area contributed by atoms with E-state index in [-0.39, 0.29) is 23.3 Å². The molecule has 162 valence electrons. The molecule has 5 rings (SSSR count). The minimum Gasteiger partial charge on any atom is -0.391 e. The highest BCUT2D eigenvalue weighted by Crippen LogP contribution is 2.73. The van der Waals surface area contributed by atoms with E-state index in [4.69, 9.17) is 9.47 Å². The maximum atomic E-state index is 12.6. The molecule has 5 nitrogen and oxygen atoms in total. The third-order valence-electron chi connectivity index (χ3n) is 9.13. The number of ether oxygens (including phenoxy) is 2. The Hall–Kier alpha value is 0.01000. The Morgan fingerprint density at radius 1 is 1.24 bits per heavy atom. The van der Waals surface area contributed by atoms with Gasteiger partial charge in [0.25, 0.3) is 0 Å². The van der Waals surface area contributed by atoms with Crippen molar-refractivity contribution >= 4 is 22.9 Å². The van der Waals surface area contributed by atoms with Gasteiger partial charge in [0, 0.05) is 28.8 Å². The molecule has 1 saturated heterocycles. The molecule has 0 aromatic heterocycles. The van der Waals surface area contributed by atoms with Crippen LogP contribution in [0.3, 0.4) is 0 Å². The summed E-state index contributed by atoms with van der Waals surface area (Å²) < 4.78 is 15.8. The third-order valence-corrected chi connectivity index (χ3v) is 9.75. The molecule has 3 fully saturated rings. The Bertz CT molecular complexity index is 807. The SMILES string of the molecule is CC1=C[C@]23C(O)[C@@H](C=C4COC(C)(C)O[C@H]4[C@]2(O)[C@H]1NI)[C@H]1[C@@H](C[C@H]3C)C1(C)C. The number of halogens is 1. The first-order valence-corrected chi connectivity index (χ1v) is 12.0. The van der Waals surface area contributed by atoms with E-state index in [9.17, 15) is 10.2 Å². The molecule has 0 radical (unpaired) electrons. The molecule has 1 heterocycles. The van der Waals surface area contributed by atoms with Crippen LogP contribution in [0.5, 0.6) is 0 Å². The third kappa shape index (κ3) is 2.39. The van der Waals surface area contributed by atoms with Crippen molar-refractivity contribution in [2.75, 3.05) is 6.61 Å². The minimum absolute atomic E-state index is 0.00287. The average Bonchev–Trinajstić information content (AvgIpc) is 3.10. The molecular weight excluding hydrogens is 481 g/mol. The molecule has 4 aliphatic carbocycles. The fourth-order valence-electron chi connectivity index (χ4n) is 7.64. The molecule has 2 saturated carbocycles. The summed E-state index contributed by atoms with van der Waals surface area (Å²) in [5, 5.41) is 24.7. The number of aliphatic hydroxyl groups is 2. The van der Waals surface area contributed by atoms with Crippen LogP contribution in [0.25, 0.3) is 0 Å². The maximum absolute atomic E-state index is 12.6. The van der Waals surface area contributed by atoms with Crippen molar-refractivity contribution in [2.24, 2.45) is 34.5 Å². The van der Waals surface area contributed by atoms with Crippen molar-refractivity contribution in [3.8, 4) is 0 Å². The lowest BCUT2D eigenvalue weighted by Crippen LogP contribution is -2.70. The van der Waals surface area contributed by atoms with Gasteiger partial charge < -0.3 is 19.7 Å². The molecule has 3 N–H and O–H groups in total. The molecule has 1 unspecified atom stereocenters. The zero-order valence-electron chi connectivity index (χ0n) is 18.2. The van der Waals surface area contributed by atoms with Crippen molar-refractivity contribution in [2.45, 2.75) is 77.6 Å². The summed E-state index contributed by atoms with van der Waals surface area (Å²) in [6, 6.07) is -0.288. The topological polar surface area (TPSA) is 71.0 Å². The van der Waals surface area contributed by atoms with Gasteiger partial charge in [0.2, 0.25) is 0 Å². The predicted octanol–water partition coefficient (Wildman–Crippen LogP) is 3.35. The fraction of sp³-hybridized carbons (Fsp3) is 0.826. The van der Waals surface area contributed by atoms with Crippen LogP contribution < -0.4 is 3.53 Å². The quantitative estimate of drug-likeness (QED) is 0.284. The number of aliphatic hydroxyl groups excluding tert-OH is 1. The lowest BCUT2D eigenvalue weighted by Gasteiger charge is -2.55. The zero-order chi connectivity index (χ0) is 21.1. The van der Waals surface area contributed by atoms with E-state index in [0.717, 1.165) is 17.6 Å². The monoisotopic (exact) mass is 515 g/mol. The molecule has 0 amide bonds. The number of hydrogen-bond acceptors (Lipinski definition) is 5. The van der Waals surface area contributed by atoms with Crippen LogP contribution in [0.4, 0.5) is 0 Å². The summed E-state index contributed by atoms with van der Waals surface area (Å²) in [6.07, 6.45) is 4.23. The summed E-state index contributed by atoms with van der Waals surface area (Å²) in [5.74, 6) is 0.335. The highest BCUT2D eigenvalue weighted by molar-refractivity contribution is 14.1. The van der Waals surface area contributed by atoms with Crippen molar-refractivity contribution in [3.63, 3.8) is 0 Å². The van der Waals surface area contributed by atoms with Gasteiger partial charge in [0.05, 0.1) is 24.2 Å². The molecule has 0 aromatic carbocycles. The lowest BCUT2D eigenvalue weighted by molar-refractivity contribution is -0.303. The van der Waals surface area contributed by atoms with Gasteiger partial charge >= 0.3 is 0 Å². The molecule has 6 heteroatoms. The maximum Gasteiger partial charge on any atom is 0.164 e. The number of nitrogens with one attached hydrogen (secondary N) is 1. The van der Waals surface area contributed by atoms with Crippen LogP contribution in [-0.2, 0) is 9.47 Å². The van der Waals surface area contributed by atoms with Gasteiger partial charge in [0.1, 0.15) is 11.7 Å². The molecule has 9 atom stereocenters. The number of hydrogen-bond donors (Lipinski definition) is 3. The highest BCUT2D eigenvalue weighted by atomic mass is 127. The van der Waals surface area contributed by atoms with E-state index in [1.165, 1.54) is 0 Å². The largest absolute Gasteiger partial charge is 0.391 e. The summed E-state index contributed by atoms with van der Waals surface area (Å²) in [7, 11) is 0. The zero-order valence-corrected chi connectivity index (χ0v) is 20.4. The van der Waals surface area contributed by atoms with Crippen molar-refractivity contribution in [3.05, 3.63) is 23.3 Å². The van der Waals surface area contributed by atoms with E-state index >= 15 is 0 Å². The number of rotatable bonds is 1. The normalized spacial score (nSPS) is 54.2. The molecular formula is C23H34INO4. The molecule has 1 spiro atoms. The Kier molecular flexibility index (Phi) is 4.37. The van der Waals surface area contributed by atoms with Crippen LogP contribution >= 0.6 is 22.9 Å². The summed E-state index contributed by atoms with van der Waals surface area (Å²) in [6.45, 7) is 13.2. The predicted molar refractivity (Wildman–Crippen MR) is 119 cm³/mol. The van der Waals surface area contributed by atoms with Gasteiger partial charge in [0.15, 0.2) is 5.79 Å². The summed E-state index contributed by atoms with van der Waals surface area (Å²) in [5.41, 5.74) is 0.234. The first kappa shape index (κ1) is 20.9. The van der Waals surface area contributed by atoms with E-state index in [2.05, 4.69) is 66.2 Å². The molecule has 1 aliphatic heterocycles. The molecule has 29 heavy (non-hydrogen) atoms. The first-order valence-electron chi connectivity index (χ1n) is 10.9. The van der Waals surface area contributed by atoms with Crippen LogP contribution in [0.15, 0.2) is 23.3 Å². The average molecular weight is 515 g/mol. The smallest absolute Gasteiger partial charge is 0.164 e.